The van der Waals surface area contributed by atoms with Gasteiger partial charge in [-0.15, -0.1) is 0 Å². The third-order valence-electron chi connectivity index (χ3n) is 4.09. The highest BCUT2D eigenvalue weighted by molar-refractivity contribution is 5.77. The minimum atomic E-state index is -0.395. The van der Waals surface area contributed by atoms with Crippen molar-refractivity contribution in [3.63, 3.8) is 0 Å². The zero-order valence-corrected chi connectivity index (χ0v) is 11.6. The summed E-state index contributed by atoms with van der Waals surface area (Å²) >= 11 is 0. The van der Waals surface area contributed by atoms with E-state index in [4.69, 9.17) is 4.74 Å². The number of esters is 1. The lowest BCUT2D eigenvalue weighted by molar-refractivity contribution is -0.384. The van der Waals surface area contributed by atoms with Gasteiger partial charge in [-0.3, -0.25) is 19.8 Å². The molecule has 0 N–H and O–H groups in total. The van der Waals surface area contributed by atoms with Crippen LogP contribution in [-0.4, -0.2) is 54.6 Å². The summed E-state index contributed by atoms with van der Waals surface area (Å²) in [5.74, 6) is -0.112. The van der Waals surface area contributed by atoms with E-state index in [0.29, 0.717) is 6.61 Å². The molecule has 1 unspecified atom stereocenters. The summed E-state index contributed by atoms with van der Waals surface area (Å²) in [7, 11) is 0. The summed E-state index contributed by atoms with van der Waals surface area (Å²) in [4.78, 5) is 26.2. The number of rotatable bonds is 3. The van der Waals surface area contributed by atoms with Crippen LogP contribution < -0.4 is 4.90 Å². The number of benzene rings is 1. The number of carbonyl (C=O) groups excluding carboxylic acids is 1. The maximum absolute atomic E-state index is 11.6. The van der Waals surface area contributed by atoms with Crippen LogP contribution in [0.5, 0.6) is 0 Å². The Morgan fingerprint density at radius 3 is 2.33 bits per heavy atom. The normalized spacial score (nSPS) is 23.1. The van der Waals surface area contributed by atoms with Crippen LogP contribution in [0.3, 0.4) is 0 Å². The number of nitro benzene ring substituents is 1. The van der Waals surface area contributed by atoms with E-state index in [9.17, 15) is 14.9 Å². The molecule has 2 aliphatic heterocycles. The number of nitro groups is 1. The fourth-order valence-corrected chi connectivity index (χ4v) is 2.89. The standard InChI is InChI=1S/C14H17N3O4/c18-14-13(5-10-21-14)16-8-6-15(7-9-16)11-1-3-12(4-2-11)17(19)20/h1-4,13H,5-10H2. The zero-order valence-electron chi connectivity index (χ0n) is 11.6. The van der Waals surface area contributed by atoms with Crippen molar-refractivity contribution in [3.05, 3.63) is 34.4 Å². The second kappa shape index (κ2) is 5.69. The van der Waals surface area contributed by atoms with Gasteiger partial charge >= 0.3 is 5.97 Å². The maximum atomic E-state index is 11.6. The van der Waals surface area contributed by atoms with Gasteiger partial charge in [0.15, 0.2) is 0 Å². The van der Waals surface area contributed by atoms with E-state index in [1.807, 2.05) is 0 Å². The van der Waals surface area contributed by atoms with Crippen molar-refractivity contribution >= 4 is 17.3 Å². The molecule has 0 bridgehead atoms. The predicted molar refractivity (Wildman–Crippen MR) is 76.2 cm³/mol. The van der Waals surface area contributed by atoms with Crippen molar-refractivity contribution in [2.24, 2.45) is 0 Å². The lowest BCUT2D eigenvalue weighted by atomic mass is 10.1. The lowest BCUT2D eigenvalue weighted by Crippen LogP contribution is -2.51. The van der Waals surface area contributed by atoms with E-state index < -0.39 is 4.92 Å². The van der Waals surface area contributed by atoms with Crippen LogP contribution in [0.2, 0.25) is 0 Å². The largest absolute Gasteiger partial charge is 0.464 e. The Kier molecular flexibility index (Phi) is 3.74. The molecule has 2 aliphatic rings. The third kappa shape index (κ3) is 2.82. The van der Waals surface area contributed by atoms with Gasteiger partial charge in [0.1, 0.15) is 6.04 Å². The van der Waals surface area contributed by atoms with Crippen molar-refractivity contribution in [1.29, 1.82) is 0 Å². The number of anilines is 1. The van der Waals surface area contributed by atoms with E-state index in [2.05, 4.69) is 9.80 Å². The summed E-state index contributed by atoms with van der Waals surface area (Å²) in [5.41, 5.74) is 1.08. The summed E-state index contributed by atoms with van der Waals surface area (Å²) in [6, 6.07) is 6.51. The topological polar surface area (TPSA) is 75.9 Å². The molecule has 21 heavy (non-hydrogen) atoms. The molecule has 0 saturated carbocycles. The number of cyclic esters (lactones) is 1. The molecular formula is C14H17N3O4. The molecule has 0 spiro atoms. The number of hydrogen-bond acceptors (Lipinski definition) is 6. The van der Waals surface area contributed by atoms with Crippen molar-refractivity contribution in [2.75, 3.05) is 37.7 Å². The van der Waals surface area contributed by atoms with Gasteiger partial charge in [-0.2, -0.15) is 0 Å². The van der Waals surface area contributed by atoms with Crippen LogP contribution in [0.1, 0.15) is 6.42 Å². The van der Waals surface area contributed by atoms with Gasteiger partial charge in [0.25, 0.3) is 5.69 Å². The molecule has 1 aromatic rings. The van der Waals surface area contributed by atoms with Gasteiger partial charge in [0.2, 0.25) is 0 Å². The fourth-order valence-electron chi connectivity index (χ4n) is 2.89. The molecule has 0 aliphatic carbocycles. The first-order valence-corrected chi connectivity index (χ1v) is 7.05. The lowest BCUT2D eigenvalue weighted by Gasteiger charge is -2.37. The molecule has 0 amide bonds. The van der Waals surface area contributed by atoms with Crippen molar-refractivity contribution in [1.82, 2.24) is 4.90 Å². The Hall–Kier alpha value is -2.15. The first-order chi connectivity index (χ1) is 10.1. The Balaban J connectivity index is 1.60. The molecule has 1 atom stereocenters. The zero-order chi connectivity index (χ0) is 14.8. The van der Waals surface area contributed by atoms with Gasteiger partial charge in [-0.1, -0.05) is 0 Å². The number of hydrogen-bond donors (Lipinski definition) is 0. The summed E-state index contributed by atoms with van der Waals surface area (Å²) in [5, 5.41) is 10.7. The number of carbonyl (C=O) groups is 1. The molecule has 0 radical (unpaired) electrons. The molecular weight excluding hydrogens is 274 g/mol. The Morgan fingerprint density at radius 2 is 1.81 bits per heavy atom. The first kappa shape index (κ1) is 13.8. The second-order valence-corrected chi connectivity index (χ2v) is 5.27. The SMILES string of the molecule is O=C1OCCC1N1CCN(c2ccc([N+](=O)[O-])cc2)CC1. The second-order valence-electron chi connectivity index (χ2n) is 5.27. The van der Waals surface area contributed by atoms with Crippen LogP contribution in [0, 0.1) is 10.1 Å². The highest BCUT2D eigenvalue weighted by atomic mass is 16.6. The van der Waals surface area contributed by atoms with Crippen molar-refractivity contribution in [3.8, 4) is 0 Å². The monoisotopic (exact) mass is 291 g/mol. The molecule has 0 aromatic heterocycles. The first-order valence-electron chi connectivity index (χ1n) is 7.05. The average Bonchev–Trinajstić information content (AvgIpc) is 2.94. The van der Waals surface area contributed by atoms with Crippen LogP contribution in [0.25, 0.3) is 0 Å². The molecule has 1 aromatic carbocycles. The van der Waals surface area contributed by atoms with Crippen molar-refractivity contribution in [2.45, 2.75) is 12.5 Å². The van der Waals surface area contributed by atoms with Gasteiger partial charge < -0.3 is 9.64 Å². The Bertz CT molecular complexity index is 538. The van der Waals surface area contributed by atoms with Crippen LogP contribution in [0.4, 0.5) is 11.4 Å². The quantitative estimate of drug-likeness (QED) is 0.470. The average molecular weight is 291 g/mol. The molecule has 2 fully saturated rings. The van der Waals surface area contributed by atoms with Gasteiger partial charge in [0.05, 0.1) is 11.5 Å². The fraction of sp³-hybridized carbons (Fsp3) is 0.500. The minimum absolute atomic E-state index is 0.0935. The number of ether oxygens (including phenoxy) is 1. The molecule has 2 saturated heterocycles. The number of piperazine rings is 1. The predicted octanol–water partition coefficient (Wildman–Crippen LogP) is 1.03. The van der Waals surface area contributed by atoms with Crippen LogP contribution >= 0.6 is 0 Å². The number of non-ortho nitro benzene ring substituents is 1. The van der Waals surface area contributed by atoms with Crippen molar-refractivity contribution < 1.29 is 14.5 Å². The van der Waals surface area contributed by atoms with E-state index in [0.717, 1.165) is 38.3 Å². The summed E-state index contributed by atoms with van der Waals surface area (Å²) in [6.07, 6.45) is 0.774. The van der Waals surface area contributed by atoms with Gasteiger partial charge in [-0.05, 0) is 12.1 Å². The highest BCUT2D eigenvalue weighted by Crippen LogP contribution is 2.22. The minimum Gasteiger partial charge on any atom is -0.464 e. The summed E-state index contributed by atoms with van der Waals surface area (Å²) < 4.78 is 5.01. The number of nitrogens with zero attached hydrogens (tertiary/aromatic N) is 3. The Labute approximate surface area is 122 Å². The van der Waals surface area contributed by atoms with E-state index in [1.54, 1.807) is 12.1 Å². The van der Waals surface area contributed by atoms with Crippen LogP contribution in [-0.2, 0) is 9.53 Å². The maximum Gasteiger partial charge on any atom is 0.323 e. The van der Waals surface area contributed by atoms with Gasteiger partial charge in [0, 0.05) is 50.4 Å². The Morgan fingerprint density at radius 1 is 1.14 bits per heavy atom. The molecule has 2 heterocycles. The van der Waals surface area contributed by atoms with Gasteiger partial charge in [-0.25, -0.2) is 0 Å². The van der Waals surface area contributed by atoms with E-state index in [1.165, 1.54) is 12.1 Å². The van der Waals surface area contributed by atoms with E-state index >= 15 is 0 Å². The van der Waals surface area contributed by atoms with E-state index in [-0.39, 0.29) is 17.7 Å². The highest BCUT2D eigenvalue weighted by Gasteiger charge is 2.34. The molecule has 112 valence electrons. The summed E-state index contributed by atoms with van der Waals surface area (Å²) in [6.45, 7) is 3.74. The molecule has 7 heteroatoms. The molecule has 7 nitrogen and oxygen atoms in total. The smallest absolute Gasteiger partial charge is 0.323 e. The van der Waals surface area contributed by atoms with Crippen LogP contribution in [0.15, 0.2) is 24.3 Å². The third-order valence-corrected chi connectivity index (χ3v) is 4.09. The molecule has 3 rings (SSSR count).